The van der Waals surface area contributed by atoms with E-state index < -0.39 is 18.4 Å². The predicted molar refractivity (Wildman–Crippen MR) is 109 cm³/mol. The van der Waals surface area contributed by atoms with Gasteiger partial charge in [0.1, 0.15) is 6.54 Å². The molecular formula is C22H22N4O4. The number of carboxylic acid groups (broad SMARTS) is 1. The Balaban J connectivity index is 1.75. The van der Waals surface area contributed by atoms with E-state index in [1.54, 1.807) is 4.68 Å². The fourth-order valence-corrected chi connectivity index (χ4v) is 3.56. The lowest BCUT2D eigenvalue weighted by Gasteiger charge is -2.32. The summed E-state index contributed by atoms with van der Waals surface area (Å²) >= 11 is 0. The first-order chi connectivity index (χ1) is 14.6. The quantitative estimate of drug-likeness (QED) is 0.676. The molecule has 1 saturated heterocycles. The highest BCUT2D eigenvalue weighted by Gasteiger charge is 2.31. The van der Waals surface area contributed by atoms with Gasteiger partial charge in [-0.2, -0.15) is 0 Å². The lowest BCUT2D eigenvalue weighted by Crippen LogP contribution is -2.46. The van der Waals surface area contributed by atoms with E-state index >= 15 is 0 Å². The molecule has 2 aromatic carbocycles. The molecule has 0 bridgehead atoms. The Hall–Kier alpha value is -3.52. The van der Waals surface area contributed by atoms with Crippen LogP contribution in [0.3, 0.4) is 0 Å². The number of rotatable bonds is 6. The normalized spacial score (nSPS) is 14.4. The largest absolute Gasteiger partial charge is 0.480 e. The lowest BCUT2D eigenvalue weighted by molar-refractivity contribution is -0.138. The molecule has 2 heterocycles. The maximum absolute atomic E-state index is 13.3. The Labute approximate surface area is 173 Å². The monoisotopic (exact) mass is 406 g/mol. The van der Waals surface area contributed by atoms with E-state index in [1.165, 1.54) is 4.90 Å². The topological polar surface area (TPSA) is 97.6 Å². The third-order valence-corrected chi connectivity index (χ3v) is 5.03. The SMILES string of the molecule is O=C(O)CN(C(=O)c1nc(-c2ccccc2)n(-c2ccccc2)n1)C1CCOCC1. The van der Waals surface area contributed by atoms with Gasteiger partial charge in [-0.25, -0.2) is 9.67 Å². The summed E-state index contributed by atoms with van der Waals surface area (Å²) in [7, 11) is 0. The molecule has 0 radical (unpaired) electrons. The molecule has 1 N–H and O–H groups in total. The van der Waals surface area contributed by atoms with Crippen LogP contribution in [-0.2, 0) is 9.53 Å². The lowest BCUT2D eigenvalue weighted by atomic mass is 10.1. The van der Waals surface area contributed by atoms with E-state index in [-0.39, 0.29) is 11.9 Å². The van der Waals surface area contributed by atoms with Crippen molar-refractivity contribution in [1.82, 2.24) is 19.7 Å². The Kier molecular flexibility index (Phi) is 5.85. The van der Waals surface area contributed by atoms with Crippen molar-refractivity contribution in [3.05, 3.63) is 66.5 Å². The van der Waals surface area contributed by atoms with Gasteiger partial charge >= 0.3 is 5.97 Å². The Bertz CT molecular complexity index is 957. The molecule has 1 aliphatic heterocycles. The second-order valence-electron chi connectivity index (χ2n) is 7.04. The van der Waals surface area contributed by atoms with Crippen LogP contribution in [0.25, 0.3) is 17.1 Å². The number of carbonyl (C=O) groups excluding carboxylic acids is 1. The zero-order valence-corrected chi connectivity index (χ0v) is 16.3. The van der Waals surface area contributed by atoms with Gasteiger partial charge in [-0.05, 0) is 25.0 Å². The summed E-state index contributed by atoms with van der Waals surface area (Å²) in [5.74, 6) is -1.06. The maximum Gasteiger partial charge on any atom is 0.323 e. The van der Waals surface area contributed by atoms with Crippen LogP contribution in [-0.4, -0.2) is 62.4 Å². The van der Waals surface area contributed by atoms with Crippen LogP contribution in [0.4, 0.5) is 0 Å². The highest BCUT2D eigenvalue weighted by atomic mass is 16.5. The molecule has 0 spiro atoms. The molecule has 154 valence electrons. The summed E-state index contributed by atoms with van der Waals surface area (Å²) in [6.45, 7) is 0.592. The maximum atomic E-state index is 13.3. The molecule has 8 heteroatoms. The van der Waals surface area contributed by atoms with Crippen molar-refractivity contribution in [3.8, 4) is 17.1 Å². The van der Waals surface area contributed by atoms with Crippen molar-refractivity contribution in [2.75, 3.05) is 19.8 Å². The molecule has 1 amide bonds. The highest BCUT2D eigenvalue weighted by molar-refractivity contribution is 5.93. The number of para-hydroxylation sites is 1. The van der Waals surface area contributed by atoms with Crippen LogP contribution in [0.5, 0.6) is 0 Å². The molecule has 4 rings (SSSR count). The average Bonchev–Trinajstić information content (AvgIpc) is 3.24. The second kappa shape index (κ2) is 8.87. The zero-order valence-electron chi connectivity index (χ0n) is 16.3. The van der Waals surface area contributed by atoms with E-state index in [0.29, 0.717) is 31.9 Å². The van der Waals surface area contributed by atoms with E-state index in [1.807, 2.05) is 60.7 Å². The minimum absolute atomic E-state index is 0.0227. The van der Waals surface area contributed by atoms with Crippen molar-refractivity contribution >= 4 is 11.9 Å². The van der Waals surface area contributed by atoms with Crippen LogP contribution in [0, 0.1) is 0 Å². The van der Waals surface area contributed by atoms with Gasteiger partial charge in [0.2, 0.25) is 5.82 Å². The Morgan fingerprint density at radius 1 is 1.03 bits per heavy atom. The highest BCUT2D eigenvalue weighted by Crippen LogP contribution is 2.23. The molecule has 30 heavy (non-hydrogen) atoms. The molecule has 0 saturated carbocycles. The molecule has 8 nitrogen and oxygen atoms in total. The van der Waals surface area contributed by atoms with E-state index in [0.717, 1.165) is 11.3 Å². The van der Waals surface area contributed by atoms with Crippen molar-refractivity contribution < 1.29 is 19.4 Å². The number of carboxylic acids is 1. The minimum atomic E-state index is -1.07. The molecule has 0 aliphatic carbocycles. The van der Waals surface area contributed by atoms with Gasteiger partial charge in [0.25, 0.3) is 5.91 Å². The summed E-state index contributed by atoms with van der Waals surface area (Å²) in [4.78, 5) is 30.6. The number of hydrogen-bond donors (Lipinski definition) is 1. The first-order valence-corrected chi connectivity index (χ1v) is 9.82. The van der Waals surface area contributed by atoms with E-state index in [2.05, 4.69) is 10.1 Å². The van der Waals surface area contributed by atoms with Gasteiger partial charge in [-0.1, -0.05) is 48.5 Å². The number of nitrogens with zero attached hydrogens (tertiary/aromatic N) is 4. The van der Waals surface area contributed by atoms with Crippen LogP contribution < -0.4 is 0 Å². The molecule has 1 aliphatic rings. The fourth-order valence-electron chi connectivity index (χ4n) is 3.56. The molecular weight excluding hydrogens is 384 g/mol. The van der Waals surface area contributed by atoms with Crippen LogP contribution >= 0.6 is 0 Å². The van der Waals surface area contributed by atoms with Crippen molar-refractivity contribution in [1.29, 1.82) is 0 Å². The van der Waals surface area contributed by atoms with Gasteiger partial charge in [-0.15, -0.1) is 5.10 Å². The smallest absolute Gasteiger partial charge is 0.323 e. The number of benzene rings is 2. The van der Waals surface area contributed by atoms with E-state index in [9.17, 15) is 14.7 Å². The molecule has 1 aromatic heterocycles. The number of carbonyl (C=O) groups is 2. The summed E-state index contributed by atoms with van der Waals surface area (Å²) < 4.78 is 6.98. The zero-order chi connectivity index (χ0) is 20.9. The van der Waals surface area contributed by atoms with Gasteiger partial charge in [0, 0.05) is 24.8 Å². The minimum Gasteiger partial charge on any atom is -0.480 e. The van der Waals surface area contributed by atoms with Gasteiger partial charge in [0.05, 0.1) is 5.69 Å². The number of ether oxygens (including phenoxy) is 1. The average molecular weight is 406 g/mol. The Morgan fingerprint density at radius 3 is 2.30 bits per heavy atom. The second-order valence-corrected chi connectivity index (χ2v) is 7.04. The standard InChI is InChI=1S/C22H22N4O4/c27-19(28)15-25(17-11-13-30-14-12-17)22(29)20-23-21(16-7-3-1-4-8-16)26(24-20)18-9-5-2-6-10-18/h1-10,17H,11-15H2,(H,27,28). The Morgan fingerprint density at radius 2 is 1.67 bits per heavy atom. The number of aromatic nitrogens is 3. The van der Waals surface area contributed by atoms with Gasteiger partial charge in [0.15, 0.2) is 5.82 Å². The van der Waals surface area contributed by atoms with Crippen LogP contribution in [0.2, 0.25) is 0 Å². The number of hydrogen-bond acceptors (Lipinski definition) is 5. The van der Waals surface area contributed by atoms with Crippen LogP contribution in [0.1, 0.15) is 23.5 Å². The van der Waals surface area contributed by atoms with Crippen molar-refractivity contribution in [2.45, 2.75) is 18.9 Å². The fraction of sp³-hybridized carbons (Fsp3) is 0.273. The number of aliphatic carboxylic acids is 1. The molecule has 0 atom stereocenters. The number of amides is 1. The first kappa shape index (κ1) is 19.8. The molecule has 0 unspecified atom stereocenters. The third kappa shape index (κ3) is 4.23. The summed E-state index contributed by atoms with van der Waals surface area (Å²) in [5.41, 5.74) is 1.57. The molecule has 3 aromatic rings. The summed E-state index contributed by atoms with van der Waals surface area (Å²) in [5, 5.41) is 13.8. The summed E-state index contributed by atoms with van der Waals surface area (Å²) in [6, 6.07) is 18.7. The summed E-state index contributed by atoms with van der Waals surface area (Å²) in [6.07, 6.45) is 1.17. The van der Waals surface area contributed by atoms with Crippen molar-refractivity contribution in [3.63, 3.8) is 0 Å². The van der Waals surface area contributed by atoms with Crippen LogP contribution in [0.15, 0.2) is 60.7 Å². The van der Waals surface area contributed by atoms with Gasteiger partial charge in [-0.3, -0.25) is 9.59 Å². The first-order valence-electron chi connectivity index (χ1n) is 9.82. The van der Waals surface area contributed by atoms with Crippen molar-refractivity contribution in [2.24, 2.45) is 0 Å². The van der Waals surface area contributed by atoms with E-state index in [4.69, 9.17) is 4.74 Å². The van der Waals surface area contributed by atoms with Gasteiger partial charge < -0.3 is 14.7 Å². The predicted octanol–water partition coefficient (Wildman–Crippen LogP) is 2.64. The third-order valence-electron chi connectivity index (χ3n) is 5.03. The molecule has 1 fully saturated rings.